The summed E-state index contributed by atoms with van der Waals surface area (Å²) in [5.41, 5.74) is 7.69. The maximum absolute atomic E-state index is 12.8. The van der Waals surface area contributed by atoms with Gasteiger partial charge in [0.15, 0.2) is 5.82 Å². The molecule has 0 fully saturated rings. The lowest BCUT2D eigenvalue weighted by molar-refractivity contribution is 0.627. The average Bonchev–Trinajstić information content (AvgIpc) is 2.41. The molecule has 96 valence electrons. The summed E-state index contributed by atoms with van der Waals surface area (Å²) in [7, 11) is 1.84. The van der Waals surface area contributed by atoms with Crippen LogP contribution in [-0.4, -0.2) is 12.0 Å². The average molecular weight is 256 g/mol. The molecule has 2 N–H and O–H groups in total. The second-order valence-corrected chi connectivity index (χ2v) is 4.23. The third-order valence-corrected chi connectivity index (χ3v) is 2.72. The van der Waals surface area contributed by atoms with Crippen molar-refractivity contribution >= 4 is 11.5 Å². The van der Waals surface area contributed by atoms with E-state index in [4.69, 9.17) is 11.0 Å². The number of nitrogen functional groups attached to an aromatic ring is 1. The van der Waals surface area contributed by atoms with Gasteiger partial charge in [0.05, 0.1) is 11.3 Å². The molecule has 0 aliphatic rings. The molecule has 0 radical (unpaired) electrons. The van der Waals surface area contributed by atoms with Crippen molar-refractivity contribution in [3.63, 3.8) is 0 Å². The van der Waals surface area contributed by atoms with E-state index in [0.29, 0.717) is 23.6 Å². The number of halogens is 1. The molecular formula is C14H13FN4. The summed E-state index contributed by atoms with van der Waals surface area (Å²) < 4.78 is 12.8. The minimum atomic E-state index is -0.262. The first kappa shape index (κ1) is 12.8. The van der Waals surface area contributed by atoms with Gasteiger partial charge in [-0.05, 0) is 23.8 Å². The molecule has 2 aromatic rings. The van der Waals surface area contributed by atoms with Crippen LogP contribution in [0.15, 0.2) is 36.5 Å². The number of rotatable bonds is 3. The normalized spacial score (nSPS) is 9.95. The molecule has 2 rings (SSSR count). The molecule has 0 unspecified atom stereocenters. The number of hydrogen-bond donors (Lipinski definition) is 1. The summed E-state index contributed by atoms with van der Waals surface area (Å²) in [6.45, 7) is 0.559. The van der Waals surface area contributed by atoms with Gasteiger partial charge in [-0.25, -0.2) is 9.37 Å². The maximum Gasteiger partial charge on any atom is 0.151 e. The van der Waals surface area contributed by atoms with Crippen LogP contribution >= 0.6 is 0 Å². The molecule has 4 nitrogen and oxygen atoms in total. The number of nitrogens with two attached hydrogens (primary N) is 1. The molecule has 0 atom stereocenters. The summed E-state index contributed by atoms with van der Waals surface area (Å²) in [6, 6.07) is 9.83. The molecular weight excluding hydrogens is 243 g/mol. The molecule has 0 saturated heterocycles. The predicted octanol–water partition coefficient (Wildman–Crippen LogP) is 2.31. The zero-order valence-corrected chi connectivity index (χ0v) is 10.5. The van der Waals surface area contributed by atoms with Crippen molar-refractivity contribution in [1.29, 1.82) is 5.26 Å². The van der Waals surface area contributed by atoms with Crippen molar-refractivity contribution in [3.8, 4) is 6.07 Å². The van der Waals surface area contributed by atoms with Crippen molar-refractivity contribution in [2.45, 2.75) is 6.54 Å². The summed E-state index contributed by atoms with van der Waals surface area (Å²) in [4.78, 5) is 6.02. The third kappa shape index (κ3) is 2.99. The second kappa shape index (κ2) is 5.36. The van der Waals surface area contributed by atoms with Crippen molar-refractivity contribution < 1.29 is 4.39 Å². The largest absolute Gasteiger partial charge is 0.396 e. The van der Waals surface area contributed by atoms with Crippen LogP contribution in [0.4, 0.5) is 15.9 Å². The Morgan fingerprint density at radius 3 is 2.63 bits per heavy atom. The standard InChI is InChI=1S/C14H13FN4/c1-19(9-10-2-4-12(15)5-3-10)14-13(17)6-11(7-16)8-18-14/h2-6,8H,9,17H2,1H3. The van der Waals surface area contributed by atoms with E-state index in [-0.39, 0.29) is 5.82 Å². The second-order valence-electron chi connectivity index (χ2n) is 4.23. The summed E-state index contributed by atoms with van der Waals surface area (Å²) in [5, 5.41) is 8.76. The molecule has 0 amide bonds. The number of benzene rings is 1. The molecule has 5 heteroatoms. The van der Waals surface area contributed by atoms with Gasteiger partial charge in [0, 0.05) is 19.8 Å². The first-order valence-electron chi connectivity index (χ1n) is 5.71. The highest BCUT2D eigenvalue weighted by Gasteiger charge is 2.08. The van der Waals surface area contributed by atoms with Crippen molar-refractivity contribution in [2.75, 3.05) is 17.7 Å². The van der Waals surface area contributed by atoms with Gasteiger partial charge in [-0.2, -0.15) is 5.26 Å². The van der Waals surface area contributed by atoms with E-state index < -0.39 is 0 Å². The molecule has 0 saturated carbocycles. The van der Waals surface area contributed by atoms with Crippen molar-refractivity contribution in [1.82, 2.24) is 4.98 Å². The molecule has 19 heavy (non-hydrogen) atoms. The SMILES string of the molecule is CN(Cc1ccc(F)cc1)c1ncc(C#N)cc1N. The fourth-order valence-corrected chi connectivity index (χ4v) is 1.79. The number of anilines is 2. The lowest BCUT2D eigenvalue weighted by Gasteiger charge is -2.19. The summed E-state index contributed by atoms with van der Waals surface area (Å²) in [6.07, 6.45) is 1.48. The highest BCUT2D eigenvalue weighted by molar-refractivity contribution is 5.64. The lowest BCUT2D eigenvalue weighted by Crippen LogP contribution is -2.19. The third-order valence-electron chi connectivity index (χ3n) is 2.72. The van der Waals surface area contributed by atoms with Crippen LogP contribution in [0, 0.1) is 17.1 Å². The van der Waals surface area contributed by atoms with Crippen LogP contribution in [0.3, 0.4) is 0 Å². The minimum absolute atomic E-state index is 0.262. The number of nitriles is 1. The Morgan fingerprint density at radius 2 is 2.05 bits per heavy atom. The molecule has 1 heterocycles. The quantitative estimate of drug-likeness (QED) is 0.915. The van der Waals surface area contributed by atoms with E-state index >= 15 is 0 Å². The lowest BCUT2D eigenvalue weighted by atomic mass is 10.2. The number of nitrogens with zero attached hydrogens (tertiary/aromatic N) is 3. The zero-order chi connectivity index (χ0) is 13.8. The highest BCUT2D eigenvalue weighted by atomic mass is 19.1. The Morgan fingerprint density at radius 1 is 1.37 bits per heavy atom. The van der Waals surface area contributed by atoms with Gasteiger partial charge < -0.3 is 10.6 Å². The van der Waals surface area contributed by atoms with Crippen molar-refractivity contribution in [2.24, 2.45) is 0 Å². The van der Waals surface area contributed by atoms with E-state index in [9.17, 15) is 4.39 Å². The van der Waals surface area contributed by atoms with Gasteiger partial charge in [0.2, 0.25) is 0 Å². The molecule has 0 bridgehead atoms. The van der Waals surface area contributed by atoms with Crippen molar-refractivity contribution in [3.05, 3.63) is 53.5 Å². The first-order valence-corrected chi connectivity index (χ1v) is 5.71. The predicted molar refractivity (Wildman–Crippen MR) is 71.9 cm³/mol. The topological polar surface area (TPSA) is 65.9 Å². The van der Waals surface area contributed by atoms with E-state index in [1.165, 1.54) is 18.3 Å². The Kier molecular flexibility index (Phi) is 3.62. The number of pyridine rings is 1. The van der Waals surface area contributed by atoms with Crippen LogP contribution in [0.1, 0.15) is 11.1 Å². The van der Waals surface area contributed by atoms with Crippen LogP contribution < -0.4 is 10.6 Å². The monoisotopic (exact) mass is 256 g/mol. The van der Waals surface area contributed by atoms with Gasteiger partial charge >= 0.3 is 0 Å². The Labute approximate surface area is 110 Å². The first-order chi connectivity index (χ1) is 9.10. The van der Waals surface area contributed by atoms with Crippen LogP contribution in [0.25, 0.3) is 0 Å². The number of hydrogen-bond acceptors (Lipinski definition) is 4. The smallest absolute Gasteiger partial charge is 0.151 e. The van der Waals surface area contributed by atoms with Crippen LogP contribution in [0.2, 0.25) is 0 Å². The van der Waals surface area contributed by atoms with Gasteiger partial charge in [0.25, 0.3) is 0 Å². The molecule has 1 aromatic heterocycles. The van der Waals surface area contributed by atoms with Gasteiger partial charge in [-0.1, -0.05) is 12.1 Å². The Hall–Kier alpha value is -2.61. The van der Waals surface area contributed by atoms with E-state index in [0.717, 1.165) is 5.56 Å². The Balaban J connectivity index is 2.18. The zero-order valence-electron chi connectivity index (χ0n) is 10.5. The molecule has 0 aliphatic heterocycles. The molecule has 1 aromatic carbocycles. The fraction of sp³-hybridized carbons (Fsp3) is 0.143. The van der Waals surface area contributed by atoms with Gasteiger partial charge in [-0.15, -0.1) is 0 Å². The summed E-state index contributed by atoms with van der Waals surface area (Å²) >= 11 is 0. The minimum Gasteiger partial charge on any atom is -0.396 e. The van der Waals surface area contributed by atoms with Gasteiger partial charge in [0.1, 0.15) is 11.9 Å². The van der Waals surface area contributed by atoms with Gasteiger partial charge in [-0.3, -0.25) is 0 Å². The molecule has 0 aliphatic carbocycles. The Bertz CT molecular complexity index is 616. The highest BCUT2D eigenvalue weighted by Crippen LogP contribution is 2.21. The molecule has 0 spiro atoms. The maximum atomic E-state index is 12.8. The van der Waals surface area contributed by atoms with Crippen LogP contribution in [-0.2, 0) is 6.54 Å². The van der Waals surface area contributed by atoms with E-state index in [1.54, 1.807) is 18.2 Å². The summed E-state index contributed by atoms with van der Waals surface area (Å²) in [5.74, 6) is 0.339. The number of aromatic nitrogens is 1. The van der Waals surface area contributed by atoms with E-state index in [2.05, 4.69) is 4.98 Å². The van der Waals surface area contributed by atoms with E-state index in [1.807, 2.05) is 18.0 Å². The van der Waals surface area contributed by atoms with Crippen LogP contribution in [0.5, 0.6) is 0 Å². The fourth-order valence-electron chi connectivity index (χ4n) is 1.79.